The second-order valence-electron chi connectivity index (χ2n) is 5.17. The van der Waals surface area contributed by atoms with Crippen molar-refractivity contribution in [2.45, 2.75) is 39.2 Å². The summed E-state index contributed by atoms with van der Waals surface area (Å²) in [7, 11) is 0. The number of aliphatic hydroxyl groups excluding tert-OH is 1. The van der Waals surface area contributed by atoms with Gasteiger partial charge in [-0.05, 0) is 37.8 Å². The van der Waals surface area contributed by atoms with Gasteiger partial charge in [-0.2, -0.15) is 0 Å². The average Bonchev–Trinajstić information content (AvgIpc) is 2.28. The molecular weight excluding hydrogens is 194 g/mol. The molecule has 1 unspecified atom stereocenters. The molecule has 0 aliphatic carbocycles. The van der Waals surface area contributed by atoms with E-state index in [0.29, 0.717) is 5.41 Å². The summed E-state index contributed by atoms with van der Waals surface area (Å²) < 4.78 is 0. The number of carboxylic acids is 1. The molecule has 0 amide bonds. The van der Waals surface area contributed by atoms with Crippen molar-refractivity contribution in [2.75, 3.05) is 19.6 Å². The molecule has 0 aromatic heterocycles. The molecule has 0 radical (unpaired) electrons. The Hall–Kier alpha value is -0.610. The largest absolute Gasteiger partial charge is 0.479 e. The van der Waals surface area contributed by atoms with Gasteiger partial charge in [0.25, 0.3) is 0 Å². The lowest BCUT2D eigenvalue weighted by atomic mass is 9.85. The van der Waals surface area contributed by atoms with Crippen molar-refractivity contribution in [3.05, 3.63) is 0 Å². The van der Waals surface area contributed by atoms with Crippen LogP contribution in [0.15, 0.2) is 0 Å². The number of aliphatic carboxylic acids is 1. The van der Waals surface area contributed by atoms with Gasteiger partial charge in [0.05, 0.1) is 0 Å². The van der Waals surface area contributed by atoms with Gasteiger partial charge in [-0.25, -0.2) is 4.79 Å². The minimum absolute atomic E-state index is 0.255. The fourth-order valence-electron chi connectivity index (χ4n) is 1.98. The van der Waals surface area contributed by atoms with E-state index in [2.05, 4.69) is 13.8 Å². The van der Waals surface area contributed by atoms with Gasteiger partial charge in [0.1, 0.15) is 0 Å². The smallest absolute Gasteiger partial charge is 0.333 e. The number of likely N-dealkylation sites (tertiary alicyclic amines) is 1. The molecule has 0 spiro atoms. The summed E-state index contributed by atoms with van der Waals surface area (Å²) >= 11 is 0. The van der Waals surface area contributed by atoms with Crippen LogP contribution in [0.25, 0.3) is 0 Å². The first-order chi connectivity index (χ1) is 6.91. The Balaban J connectivity index is 2.41. The first kappa shape index (κ1) is 12.5. The van der Waals surface area contributed by atoms with Gasteiger partial charge < -0.3 is 15.1 Å². The predicted octanol–water partition coefficient (Wildman–Crippen LogP) is 0.944. The summed E-state index contributed by atoms with van der Waals surface area (Å²) in [6.07, 6.45) is 2.08. The second kappa shape index (κ2) is 4.94. The maximum Gasteiger partial charge on any atom is 0.333 e. The number of carboxylic acid groups (broad SMARTS) is 1. The number of carbonyl (C=O) groups is 1. The molecule has 4 nitrogen and oxygen atoms in total. The van der Waals surface area contributed by atoms with E-state index in [4.69, 9.17) is 5.11 Å². The van der Waals surface area contributed by atoms with Gasteiger partial charge in [0.15, 0.2) is 6.10 Å². The molecule has 1 aliphatic rings. The number of hydrogen-bond acceptors (Lipinski definition) is 3. The summed E-state index contributed by atoms with van der Waals surface area (Å²) in [6.45, 7) is 6.52. The minimum Gasteiger partial charge on any atom is -0.479 e. The SMILES string of the molecule is CC1(C)CCCN(CC(O)C(=O)O)CC1. The zero-order valence-electron chi connectivity index (χ0n) is 9.57. The highest BCUT2D eigenvalue weighted by molar-refractivity contribution is 5.72. The van der Waals surface area contributed by atoms with E-state index in [1.807, 2.05) is 4.90 Å². The molecule has 1 heterocycles. The normalized spacial score (nSPS) is 24.5. The zero-order valence-corrected chi connectivity index (χ0v) is 9.57. The molecule has 15 heavy (non-hydrogen) atoms. The van der Waals surface area contributed by atoms with E-state index >= 15 is 0 Å². The van der Waals surface area contributed by atoms with Crippen LogP contribution in [0.4, 0.5) is 0 Å². The lowest BCUT2D eigenvalue weighted by molar-refractivity contribution is -0.147. The number of nitrogens with zero attached hydrogens (tertiary/aromatic N) is 1. The van der Waals surface area contributed by atoms with E-state index in [0.717, 1.165) is 25.9 Å². The Morgan fingerprint density at radius 1 is 1.40 bits per heavy atom. The Morgan fingerprint density at radius 2 is 2.07 bits per heavy atom. The van der Waals surface area contributed by atoms with Gasteiger partial charge in [-0.3, -0.25) is 0 Å². The van der Waals surface area contributed by atoms with Gasteiger partial charge >= 0.3 is 5.97 Å². The molecule has 1 rings (SSSR count). The number of rotatable bonds is 3. The third-order valence-corrected chi connectivity index (χ3v) is 3.15. The summed E-state index contributed by atoms with van der Waals surface area (Å²) in [4.78, 5) is 12.6. The zero-order chi connectivity index (χ0) is 11.5. The Kier molecular flexibility index (Phi) is 4.11. The van der Waals surface area contributed by atoms with Crippen LogP contribution in [0.1, 0.15) is 33.1 Å². The molecule has 1 fully saturated rings. The van der Waals surface area contributed by atoms with Gasteiger partial charge in [0.2, 0.25) is 0 Å². The number of hydrogen-bond donors (Lipinski definition) is 2. The van der Waals surface area contributed by atoms with Crippen LogP contribution in [-0.4, -0.2) is 46.8 Å². The molecule has 0 bridgehead atoms. The quantitative estimate of drug-likeness (QED) is 0.735. The topological polar surface area (TPSA) is 60.8 Å². The van der Waals surface area contributed by atoms with Gasteiger partial charge in [-0.1, -0.05) is 13.8 Å². The average molecular weight is 215 g/mol. The maximum atomic E-state index is 10.5. The van der Waals surface area contributed by atoms with E-state index in [1.54, 1.807) is 0 Å². The molecular formula is C11H21NO3. The summed E-state index contributed by atoms with van der Waals surface area (Å²) in [5.41, 5.74) is 0.350. The summed E-state index contributed by atoms with van der Waals surface area (Å²) in [5, 5.41) is 17.9. The van der Waals surface area contributed by atoms with Crippen LogP contribution in [0.5, 0.6) is 0 Å². The summed E-state index contributed by atoms with van der Waals surface area (Å²) in [5.74, 6) is -1.13. The molecule has 0 saturated carbocycles. The number of β-amino-alcohol motifs (C(OH)–C–C–N with tert-alkyl or cyclic N) is 1. The van der Waals surface area contributed by atoms with E-state index in [1.165, 1.54) is 6.42 Å². The fraction of sp³-hybridized carbons (Fsp3) is 0.909. The van der Waals surface area contributed by atoms with Crippen molar-refractivity contribution >= 4 is 5.97 Å². The van der Waals surface area contributed by atoms with Crippen LogP contribution in [0.3, 0.4) is 0 Å². The van der Waals surface area contributed by atoms with Crippen LogP contribution < -0.4 is 0 Å². The summed E-state index contributed by atoms with van der Waals surface area (Å²) in [6, 6.07) is 0. The predicted molar refractivity (Wildman–Crippen MR) is 57.7 cm³/mol. The minimum atomic E-state index is -1.24. The van der Waals surface area contributed by atoms with Crippen molar-refractivity contribution in [1.82, 2.24) is 4.90 Å². The third-order valence-electron chi connectivity index (χ3n) is 3.15. The van der Waals surface area contributed by atoms with Crippen LogP contribution in [-0.2, 0) is 4.79 Å². The molecule has 1 atom stereocenters. The molecule has 0 aromatic carbocycles. The fourth-order valence-corrected chi connectivity index (χ4v) is 1.98. The first-order valence-corrected chi connectivity index (χ1v) is 5.54. The lowest BCUT2D eigenvalue weighted by Crippen LogP contribution is -2.37. The Morgan fingerprint density at radius 3 is 2.67 bits per heavy atom. The van der Waals surface area contributed by atoms with Crippen molar-refractivity contribution in [2.24, 2.45) is 5.41 Å². The highest BCUT2D eigenvalue weighted by atomic mass is 16.4. The number of aliphatic hydroxyl groups is 1. The van der Waals surface area contributed by atoms with Crippen molar-refractivity contribution in [3.63, 3.8) is 0 Å². The highest BCUT2D eigenvalue weighted by Crippen LogP contribution is 2.29. The molecule has 88 valence electrons. The van der Waals surface area contributed by atoms with Crippen LogP contribution >= 0.6 is 0 Å². The van der Waals surface area contributed by atoms with E-state index in [-0.39, 0.29) is 6.54 Å². The third kappa shape index (κ3) is 4.18. The van der Waals surface area contributed by atoms with Crippen LogP contribution in [0.2, 0.25) is 0 Å². The molecule has 1 saturated heterocycles. The van der Waals surface area contributed by atoms with Crippen LogP contribution in [0, 0.1) is 5.41 Å². The Bertz CT molecular complexity index is 228. The van der Waals surface area contributed by atoms with Crippen molar-refractivity contribution in [1.29, 1.82) is 0 Å². The molecule has 0 aromatic rings. The highest BCUT2D eigenvalue weighted by Gasteiger charge is 2.25. The first-order valence-electron chi connectivity index (χ1n) is 5.54. The molecule has 4 heteroatoms. The monoisotopic (exact) mass is 215 g/mol. The van der Waals surface area contributed by atoms with Crippen molar-refractivity contribution < 1.29 is 15.0 Å². The van der Waals surface area contributed by atoms with E-state index < -0.39 is 12.1 Å². The Labute approximate surface area is 90.9 Å². The van der Waals surface area contributed by atoms with Gasteiger partial charge in [0, 0.05) is 6.54 Å². The van der Waals surface area contributed by atoms with Gasteiger partial charge in [-0.15, -0.1) is 0 Å². The molecule has 2 N–H and O–H groups in total. The lowest BCUT2D eigenvalue weighted by Gasteiger charge is -2.23. The second-order valence-corrected chi connectivity index (χ2v) is 5.17. The maximum absolute atomic E-state index is 10.5. The van der Waals surface area contributed by atoms with Crippen molar-refractivity contribution in [3.8, 4) is 0 Å². The standard InChI is InChI=1S/C11H21NO3/c1-11(2)4-3-6-12(7-5-11)8-9(13)10(14)15/h9,13H,3-8H2,1-2H3,(H,14,15). The van der Waals surface area contributed by atoms with E-state index in [9.17, 15) is 9.90 Å². The molecule has 1 aliphatic heterocycles.